The van der Waals surface area contributed by atoms with Crippen molar-refractivity contribution in [1.29, 1.82) is 0 Å². The fourth-order valence-corrected chi connectivity index (χ4v) is 4.30. The summed E-state index contributed by atoms with van der Waals surface area (Å²) in [6.07, 6.45) is 0. The molecule has 0 aliphatic carbocycles. The molecule has 8 nitrogen and oxygen atoms in total. The molecule has 0 bridgehead atoms. The van der Waals surface area contributed by atoms with Gasteiger partial charge in [-0.05, 0) is 48.9 Å². The lowest BCUT2D eigenvalue weighted by atomic mass is 10.1. The second-order valence-electron chi connectivity index (χ2n) is 7.28. The number of aromatic hydroxyl groups is 1. The first kappa shape index (κ1) is 22.4. The van der Waals surface area contributed by atoms with Gasteiger partial charge in [-0.2, -0.15) is 13.2 Å². The molecular formula is C21H17F3N4O4S. The molecule has 2 aromatic carbocycles. The third-order valence-electron chi connectivity index (χ3n) is 5.22. The number of halogens is 3. The zero-order valence-electron chi connectivity index (χ0n) is 17.0. The van der Waals surface area contributed by atoms with Gasteiger partial charge >= 0.3 is 11.2 Å². The molecular weight excluding hydrogens is 461 g/mol. The number of sulfone groups is 1. The first-order chi connectivity index (χ1) is 15.4. The van der Waals surface area contributed by atoms with Crippen molar-refractivity contribution < 1.29 is 26.7 Å². The van der Waals surface area contributed by atoms with E-state index in [-0.39, 0.29) is 23.7 Å². The zero-order chi connectivity index (χ0) is 24.1. The SMILES string of the molecule is Cc1c(O)n(-c2ccc(S(=O)(=O)C(F)(F)F)cc2)c(=O)n1Cc1cc(N)nc2ccccc12. The maximum absolute atomic E-state index is 13.1. The number of hydrogen-bond acceptors (Lipinski definition) is 6. The van der Waals surface area contributed by atoms with Gasteiger partial charge in [0.25, 0.3) is 9.84 Å². The van der Waals surface area contributed by atoms with Crippen LogP contribution in [0.3, 0.4) is 0 Å². The highest BCUT2D eigenvalue weighted by Gasteiger charge is 2.46. The number of fused-ring (bicyclic) bond motifs is 1. The van der Waals surface area contributed by atoms with Gasteiger partial charge in [0.15, 0.2) is 0 Å². The van der Waals surface area contributed by atoms with E-state index in [0.717, 1.165) is 34.2 Å². The molecule has 172 valence electrons. The molecule has 0 spiro atoms. The molecule has 2 heterocycles. The summed E-state index contributed by atoms with van der Waals surface area (Å²) in [6, 6.07) is 12.3. The fraction of sp³-hybridized carbons (Fsp3) is 0.143. The van der Waals surface area contributed by atoms with Crippen LogP contribution in [-0.4, -0.2) is 33.2 Å². The lowest BCUT2D eigenvalue weighted by Gasteiger charge is -2.09. The Bertz CT molecular complexity index is 1540. The smallest absolute Gasteiger partial charge is 0.493 e. The lowest BCUT2D eigenvalue weighted by Crippen LogP contribution is -2.25. The summed E-state index contributed by atoms with van der Waals surface area (Å²) in [4.78, 5) is 16.4. The van der Waals surface area contributed by atoms with Gasteiger partial charge in [-0.3, -0.25) is 4.57 Å². The number of para-hydroxylation sites is 1. The molecule has 0 aliphatic rings. The molecule has 33 heavy (non-hydrogen) atoms. The van der Waals surface area contributed by atoms with Gasteiger partial charge in [0.05, 0.1) is 28.3 Å². The molecule has 0 radical (unpaired) electrons. The third kappa shape index (κ3) is 3.71. The van der Waals surface area contributed by atoms with E-state index >= 15 is 0 Å². The van der Waals surface area contributed by atoms with Crippen LogP contribution < -0.4 is 11.4 Å². The largest absolute Gasteiger partial charge is 0.501 e. The minimum absolute atomic E-state index is 0.000394. The Labute approximate surface area is 185 Å². The van der Waals surface area contributed by atoms with Crippen LogP contribution in [0.25, 0.3) is 16.6 Å². The molecule has 0 atom stereocenters. The number of nitrogens with two attached hydrogens (primary N) is 1. The average Bonchev–Trinajstić information content (AvgIpc) is 2.96. The number of pyridine rings is 1. The van der Waals surface area contributed by atoms with Crippen molar-refractivity contribution in [2.45, 2.75) is 23.9 Å². The Hall–Kier alpha value is -3.80. The number of alkyl halides is 3. The fourth-order valence-electron chi connectivity index (χ4n) is 3.54. The predicted molar refractivity (Wildman–Crippen MR) is 115 cm³/mol. The summed E-state index contributed by atoms with van der Waals surface area (Å²) in [5.74, 6) is -0.183. The van der Waals surface area contributed by atoms with E-state index < -0.39 is 31.8 Å². The van der Waals surface area contributed by atoms with Gasteiger partial charge in [-0.25, -0.2) is 22.8 Å². The second-order valence-corrected chi connectivity index (χ2v) is 9.22. The van der Waals surface area contributed by atoms with Gasteiger partial charge < -0.3 is 10.8 Å². The topological polar surface area (TPSA) is 120 Å². The van der Waals surface area contributed by atoms with E-state index in [1.54, 1.807) is 24.3 Å². The molecule has 0 fully saturated rings. The highest BCUT2D eigenvalue weighted by Crippen LogP contribution is 2.31. The summed E-state index contributed by atoms with van der Waals surface area (Å²) < 4.78 is 63.6. The maximum Gasteiger partial charge on any atom is 0.501 e. The van der Waals surface area contributed by atoms with Gasteiger partial charge in [-0.15, -0.1) is 0 Å². The Kier molecular flexibility index (Phi) is 5.20. The quantitative estimate of drug-likeness (QED) is 0.465. The number of nitrogens with zero attached hydrogens (tertiary/aromatic N) is 3. The number of rotatable bonds is 4. The Morgan fingerprint density at radius 3 is 2.36 bits per heavy atom. The van der Waals surface area contributed by atoms with E-state index in [1.807, 2.05) is 6.07 Å². The summed E-state index contributed by atoms with van der Waals surface area (Å²) in [6.45, 7) is 1.54. The van der Waals surface area contributed by atoms with Crippen LogP contribution >= 0.6 is 0 Å². The first-order valence-electron chi connectivity index (χ1n) is 9.49. The molecule has 0 unspecified atom stereocenters. The van der Waals surface area contributed by atoms with E-state index in [1.165, 1.54) is 11.5 Å². The summed E-state index contributed by atoms with van der Waals surface area (Å²) in [5.41, 5.74) is 1.25. The van der Waals surface area contributed by atoms with Crippen molar-refractivity contribution >= 4 is 26.6 Å². The average molecular weight is 478 g/mol. The first-order valence-corrected chi connectivity index (χ1v) is 11.0. The monoisotopic (exact) mass is 478 g/mol. The Morgan fingerprint density at radius 1 is 1.09 bits per heavy atom. The highest BCUT2D eigenvalue weighted by atomic mass is 32.2. The number of benzene rings is 2. The van der Waals surface area contributed by atoms with E-state index in [4.69, 9.17) is 5.73 Å². The number of imidazole rings is 1. The second kappa shape index (κ2) is 7.66. The summed E-state index contributed by atoms with van der Waals surface area (Å²) >= 11 is 0. The van der Waals surface area contributed by atoms with Crippen LogP contribution in [0.15, 0.2) is 64.3 Å². The van der Waals surface area contributed by atoms with Gasteiger partial charge in [-0.1, -0.05) is 18.2 Å². The normalized spacial score (nSPS) is 12.4. The molecule has 0 saturated heterocycles. The summed E-state index contributed by atoms with van der Waals surface area (Å²) in [7, 11) is -5.54. The van der Waals surface area contributed by atoms with Crippen LogP contribution in [0.5, 0.6) is 5.88 Å². The molecule has 4 aromatic rings. The number of hydrogen-bond donors (Lipinski definition) is 2. The molecule has 12 heteroatoms. The standard InChI is InChI=1S/C21H17F3N4O4S/c1-12-19(29)28(14-6-8-15(9-7-14)33(31,32)21(22,23)24)20(30)27(12)11-13-10-18(25)26-17-5-3-2-4-16(13)17/h2-10,29H,11H2,1H3,(H2,25,26). The van der Waals surface area contributed by atoms with Gasteiger partial charge in [0.1, 0.15) is 5.82 Å². The van der Waals surface area contributed by atoms with Gasteiger partial charge in [0, 0.05) is 5.39 Å². The van der Waals surface area contributed by atoms with Crippen LogP contribution in [-0.2, 0) is 16.4 Å². The van der Waals surface area contributed by atoms with Crippen molar-refractivity contribution in [3.8, 4) is 11.6 Å². The van der Waals surface area contributed by atoms with E-state index in [2.05, 4.69) is 4.98 Å². The third-order valence-corrected chi connectivity index (χ3v) is 6.72. The van der Waals surface area contributed by atoms with Crippen molar-refractivity contribution in [2.75, 3.05) is 5.73 Å². The van der Waals surface area contributed by atoms with E-state index in [9.17, 15) is 31.5 Å². The Balaban J connectivity index is 1.79. The minimum atomic E-state index is -5.54. The maximum atomic E-state index is 13.1. The minimum Gasteiger partial charge on any atom is -0.493 e. The van der Waals surface area contributed by atoms with Crippen LogP contribution in [0, 0.1) is 6.92 Å². The molecule has 2 aromatic heterocycles. The van der Waals surface area contributed by atoms with Crippen LogP contribution in [0.4, 0.5) is 19.0 Å². The van der Waals surface area contributed by atoms with Crippen molar-refractivity contribution in [1.82, 2.24) is 14.1 Å². The lowest BCUT2D eigenvalue weighted by molar-refractivity contribution is -0.0436. The predicted octanol–water partition coefficient (Wildman–Crippen LogP) is 3.13. The molecule has 0 aliphatic heterocycles. The van der Waals surface area contributed by atoms with E-state index in [0.29, 0.717) is 11.1 Å². The van der Waals surface area contributed by atoms with Crippen molar-refractivity contribution in [3.63, 3.8) is 0 Å². The van der Waals surface area contributed by atoms with Gasteiger partial charge in [0.2, 0.25) is 5.88 Å². The molecule has 0 saturated carbocycles. The van der Waals surface area contributed by atoms with Crippen LogP contribution in [0.1, 0.15) is 11.3 Å². The number of anilines is 1. The van der Waals surface area contributed by atoms with Crippen LogP contribution in [0.2, 0.25) is 0 Å². The van der Waals surface area contributed by atoms with Crippen molar-refractivity contribution in [2.24, 2.45) is 0 Å². The van der Waals surface area contributed by atoms with Crippen molar-refractivity contribution in [3.05, 3.63) is 76.3 Å². The Morgan fingerprint density at radius 2 is 1.73 bits per heavy atom. The molecule has 3 N–H and O–H groups in total. The highest BCUT2D eigenvalue weighted by molar-refractivity contribution is 7.92. The number of aromatic nitrogens is 3. The zero-order valence-corrected chi connectivity index (χ0v) is 17.9. The summed E-state index contributed by atoms with van der Waals surface area (Å²) in [5, 5.41) is 11.3. The number of nitrogen functional groups attached to an aromatic ring is 1. The molecule has 0 amide bonds. The molecule has 4 rings (SSSR count).